The Kier molecular flexibility index (Phi) is 2.73. The van der Waals surface area contributed by atoms with Crippen LogP contribution in [0.1, 0.15) is 37.3 Å². The van der Waals surface area contributed by atoms with Gasteiger partial charge in [0.2, 0.25) is 0 Å². The first-order valence-corrected chi connectivity index (χ1v) is 5.12. The van der Waals surface area contributed by atoms with E-state index in [4.69, 9.17) is 4.42 Å². The average molecular weight is 216 g/mol. The monoisotopic (exact) mass is 216 g/mol. The summed E-state index contributed by atoms with van der Waals surface area (Å²) >= 11 is 0. The summed E-state index contributed by atoms with van der Waals surface area (Å²) in [6.07, 6.45) is 2.93. The molecule has 1 aromatic heterocycles. The minimum atomic E-state index is -2.93. The van der Waals surface area contributed by atoms with Gasteiger partial charge in [-0.05, 0) is 25.9 Å². The van der Waals surface area contributed by atoms with Gasteiger partial charge >= 0.3 is 5.92 Å². The Morgan fingerprint density at radius 2 is 2.13 bits per heavy atom. The lowest BCUT2D eigenvalue weighted by Gasteiger charge is -2.19. The van der Waals surface area contributed by atoms with Gasteiger partial charge in [0.05, 0.1) is 6.20 Å². The van der Waals surface area contributed by atoms with Crippen molar-refractivity contribution in [1.29, 1.82) is 0 Å². The number of alkyl halides is 2. The van der Waals surface area contributed by atoms with Crippen molar-refractivity contribution in [2.45, 2.75) is 31.6 Å². The quantitative estimate of drug-likeness (QED) is 0.824. The highest BCUT2D eigenvalue weighted by Gasteiger charge is 2.31. The van der Waals surface area contributed by atoms with Crippen LogP contribution in [0.15, 0.2) is 10.6 Å². The lowest BCUT2D eigenvalue weighted by Crippen LogP contribution is -2.26. The zero-order chi connectivity index (χ0) is 10.9. The number of halogens is 2. The normalized spacial score (nSPS) is 19.4. The molecule has 0 radical (unpaired) electrons. The van der Waals surface area contributed by atoms with Gasteiger partial charge in [0.15, 0.2) is 11.7 Å². The first-order chi connectivity index (χ1) is 7.07. The Hall–Kier alpha value is -0.970. The predicted octanol–water partition coefficient (Wildman–Crippen LogP) is 2.25. The van der Waals surface area contributed by atoms with E-state index in [1.807, 2.05) is 0 Å². The molecule has 0 amide bonds. The van der Waals surface area contributed by atoms with Crippen molar-refractivity contribution in [2.75, 3.05) is 13.1 Å². The second-order valence-corrected chi connectivity index (χ2v) is 3.98. The third kappa shape index (κ3) is 2.34. The Balaban J connectivity index is 2.12. The van der Waals surface area contributed by atoms with Gasteiger partial charge in [-0.25, -0.2) is 4.98 Å². The van der Waals surface area contributed by atoms with Crippen LogP contribution in [0.4, 0.5) is 8.78 Å². The maximum absolute atomic E-state index is 12.9. The molecule has 1 saturated heterocycles. The van der Waals surface area contributed by atoms with Gasteiger partial charge in [0.25, 0.3) is 0 Å². The second-order valence-electron chi connectivity index (χ2n) is 3.98. The summed E-state index contributed by atoms with van der Waals surface area (Å²) in [6, 6.07) is 0. The summed E-state index contributed by atoms with van der Waals surface area (Å²) < 4.78 is 30.9. The fraction of sp³-hybridized carbons (Fsp3) is 0.700. The predicted molar refractivity (Wildman–Crippen MR) is 50.9 cm³/mol. The van der Waals surface area contributed by atoms with Gasteiger partial charge in [-0.15, -0.1) is 0 Å². The largest absolute Gasteiger partial charge is 0.439 e. The van der Waals surface area contributed by atoms with Gasteiger partial charge < -0.3 is 9.73 Å². The van der Waals surface area contributed by atoms with Gasteiger partial charge in [0.1, 0.15) is 0 Å². The Bertz CT molecular complexity index is 326. The molecule has 0 bridgehead atoms. The number of nitrogens with one attached hydrogen (secondary N) is 1. The zero-order valence-corrected chi connectivity index (χ0v) is 8.59. The van der Waals surface area contributed by atoms with Crippen LogP contribution in [-0.2, 0) is 5.92 Å². The molecule has 1 aliphatic heterocycles. The minimum absolute atomic E-state index is 0.183. The highest BCUT2D eigenvalue weighted by atomic mass is 19.3. The molecule has 0 aliphatic carbocycles. The van der Waals surface area contributed by atoms with Crippen LogP contribution >= 0.6 is 0 Å². The zero-order valence-electron chi connectivity index (χ0n) is 8.59. The average Bonchev–Trinajstić information content (AvgIpc) is 2.67. The van der Waals surface area contributed by atoms with E-state index in [1.54, 1.807) is 0 Å². The van der Waals surface area contributed by atoms with Crippen molar-refractivity contribution in [3.8, 4) is 0 Å². The van der Waals surface area contributed by atoms with E-state index >= 15 is 0 Å². The molecular weight excluding hydrogens is 202 g/mol. The Morgan fingerprint density at radius 3 is 2.67 bits per heavy atom. The molecule has 0 aromatic carbocycles. The van der Waals surface area contributed by atoms with Crippen molar-refractivity contribution in [3.05, 3.63) is 17.8 Å². The van der Waals surface area contributed by atoms with Crippen LogP contribution in [0.2, 0.25) is 0 Å². The van der Waals surface area contributed by atoms with Crippen LogP contribution in [0.5, 0.6) is 0 Å². The summed E-state index contributed by atoms with van der Waals surface area (Å²) in [5.41, 5.74) is 0. The SMILES string of the molecule is CC(F)(F)c1cnc(C2CCNCC2)o1. The van der Waals surface area contributed by atoms with E-state index in [0.29, 0.717) is 5.89 Å². The lowest BCUT2D eigenvalue weighted by atomic mass is 9.98. The van der Waals surface area contributed by atoms with Gasteiger partial charge in [-0.2, -0.15) is 8.78 Å². The molecule has 0 atom stereocenters. The summed E-state index contributed by atoms with van der Waals surface area (Å²) in [5.74, 6) is -2.63. The van der Waals surface area contributed by atoms with E-state index < -0.39 is 5.92 Å². The molecule has 0 saturated carbocycles. The molecule has 2 rings (SSSR count). The second kappa shape index (κ2) is 3.89. The molecule has 0 unspecified atom stereocenters. The third-order valence-electron chi connectivity index (χ3n) is 2.64. The van der Waals surface area contributed by atoms with Crippen LogP contribution in [0.25, 0.3) is 0 Å². The number of aromatic nitrogens is 1. The minimum Gasteiger partial charge on any atom is -0.439 e. The lowest BCUT2D eigenvalue weighted by molar-refractivity contribution is -0.00673. The Morgan fingerprint density at radius 1 is 1.47 bits per heavy atom. The topological polar surface area (TPSA) is 38.1 Å². The van der Waals surface area contributed by atoms with Crippen molar-refractivity contribution < 1.29 is 13.2 Å². The number of piperidine rings is 1. The van der Waals surface area contributed by atoms with Crippen molar-refractivity contribution in [1.82, 2.24) is 10.3 Å². The van der Waals surface area contributed by atoms with Crippen molar-refractivity contribution >= 4 is 0 Å². The maximum Gasteiger partial charge on any atom is 0.303 e. The highest BCUT2D eigenvalue weighted by molar-refractivity contribution is 5.04. The van der Waals surface area contributed by atoms with Crippen LogP contribution < -0.4 is 5.32 Å². The van der Waals surface area contributed by atoms with Gasteiger partial charge in [0, 0.05) is 12.8 Å². The number of hydrogen-bond donors (Lipinski definition) is 1. The summed E-state index contributed by atoms with van der Waals surface area (Å²) in [5, 5.41) is 3.20. The molecule has 0 spiro atoms. The molecule has 1 aliphatic rings. The van der Waals surface area contributed by atoms with Gasteiger partial charge in [-0.3, -0.25) is 0 Å². The van der Waals surface area contributed by atoms with Gasteiger partial charge in [-0.1, -0.05) is 0 Å². The van der Waals surface area contributed by atoms with E-state index in [9.17, 15) is 8.78 Å². The molecule has 1 fully saturated rings. The molecule has 1 N–H and O–H groups in total. The van der Waals surface area contributed by atoms with E-state index in [1.165, 1.54) is 0 Å². The van der Waals surface area contributed by atoms with E-state index in [2.05, 4.69) is 10.3 Å². The number of oxazole rings is 1. The number of rotatable bonds is 2. The van der Waals surface area contributed by atoms with Crippen molar-refractivity contribution in [3.63, 3.8) is 0 Å². The molecule has 84 valence electrons. The van der Waals surface area contributed by atoms with Crippen LogP contribution in [0.3, 0.4) is 0 Å². The molecule has 5 heteroatoms. The third-order valence-corrected chi connectivity index (χ3v) is 2.64. The molecule has 1 aromatic rings. The summed E-state index contributed by atoms with van der Waals surface area (Å²) in [4.78, 5) is 3.93. The Labute approximate surface area is 86.9 Å². The fourth-order valence-corrected chi connectivity index (χ4v) is 1.75. The maximum atomic E-state index is 12.9. The first kappa shape index (κ1) is 10.5. The molecular formula is C10H14F2N2O. The molecule has 3 nitrogen and oxygen atoms in total. The van der Waals surface area contributed by atoms with Crippen LogP contribution in [0, 0.1) is 0 Å². The summed E-state index contributed by atoms with van der Waals surface area (Å²) in [7, 11) is 0. The van der Waals surface area contributed by atoms with Crippen molar-refractivity contribution in [2.24, 2.45) is 0 Å². The standard InChI is InChI=1S/C10H14F2N2O/c1-10(11,12)8-6-14-9(15-8)7-2-4-13-5-3-7/h6-7,13H,2-5H2,1H3. The number of nitrogens with zero attached hydrogens (tertiary/aromatic N) is 1. The smallest absolute Gasteiger partial charge is 0.303 e. The van der Waals surface area contributed by atoms with E-state index in [-0.39, 0.29) is 11.7 Å². The first-order valence-electron chi connectivity index (χ1n) is 5.12. The highest BCUT2D eigenvalue weighted by Crippen LogP contribution is 2.31. The fourth-order valence-electron chi connectivity index (χ4n) is 1.75. The molecule has 15 heavy (non-hydrogen) atoms. The molecule has 2 heterocycles. The summed E-state index contributed by atoms with van der Waals surface area (Å²) in [6.45, 7) is 2.61. The van der Waals surface area contributed by atoms with Crippen LogP contribution in [-0.4, -0.2) is 18.1 Å². The number of hydrogen-bond acceptors (Lipinski definition) is 3. The van der Waals surface area contributed by atoms with E-state index in [0.717, 1.165) is 39.1 Å².